The van der Waals surface area contributed by atoms with Gasteiger partial charge in [0.1, 0.15) is 42.8 Å². The van der Waals surface area contributed by atoms with Crippen LogP contribution in [-0.2, 0) is 33.6 Å². The van der Waals surface area contributed by atoms with E-state index in [4.69, 9.17) is 63.9 Å². The van der Waals surface area contributed by atoms with Gasteiger partial charge in [0.2, 0.25) is 17.7 Å². The summed E-state index contributed by atoms with van der Waals surface area (Å²) in [4.78, 5) is 114. The number of para-hydroxylation sites is 3. The van der Waals surface area contributed by atoms with Crippen LogP contribution < -0.4 is 50.8 Å². The third-order valence-corrected chi connectivity index (χ3v) is 18.2. The molecule has 0 aromatic heterocycles. The molecule has 28 heteroatoms. The predicted octanol–water partition coefficient (Wildman–Crippen LogP) is 16.1. The highest BCUT2D eigenvalue weighted by Crippen LogP contribution is 2.32. The van der Waals surface area contributed by atoms with Gasteiger partial charge >= 0.3 is 36.0 Å². The molecule has 1 aliphatic rings. The number of nitrogens with one attached hydrogen (secondary N) is 6. The molecule has 10 rings (SSSR count). The van der Waals surface area contributed by atoms with E-state index in [1.54, 1.807) is 120 Å². The molecule has 0 atom stereocenters. The second-order valence-electron chi connectivity index (χ2n) is 25.0. The van der Waals surface area contributed by atoms with E-state index in [2.05, 4.69) is 60.3 Å². The Bertz CT molecular complexity index is 4870. The fraction of sp³-hybridized carbons (Fsp3) is 0.202. The molecular formula is C84H82BrCl2N9O16. The van der Waals surface area contributed by atoms with E-state index in [1.165, 1.54) is 48.4 Å². The van der Waals surface area contributed by atoms with Crippen molar-refractivity contribution in [1.29, 1.82) is 0 Å². The predicted molar refractivity (Wildman–Crippen MR) is 435 cm³/mol. The van der Waals surface area contributed by atoms with Crippen LogP contribution in [0.3, 0.4) is 0 Å². The van der Waals surface area contributed by atoms with Gasteiger partial charge in [0, 0.05) is 28.4 Å². The van der Waals surface area contributed by atoms with Crippen molar-refractivity contribution in [3.63, 3.8) is 0 Å². The summed E-state index contributed by atoms with van der Waals surface area (Å²) < 4.78 is 23.2. The van der Waals surface area contributed by atoms with Gasteiger partial charge in [-0.25, -0.2) is 28.8 Å². The summed E-state index contributed by atoms with van der Waals surface area (Å²) in [6.45, 7) is 9.64. The van der Waals surface area contributed by atoms with Crippen LogP contribution >= 0.6 is 39.1 Å². The number of carbonyl (C=O) groups excluding carboxylic acids is 6. The van der Waals surface area contributed by atoms with Gasteiger partial charge in [-0.1, -0.05) is 102 Å². The average molecular weight is 1620 g/mol. The number of aryl methyl sites for hydroxylation is 2. The van der Waals surface area contributed by atoms with Gasteiger partial charge in [-0.05, 0) is 204 Å². The summed E-state index contributed by atoms with van der Waals surface area (Å²) >= 11 is 16.1. The Morgan fingerprint density at radius 1 is 0.482 bits per heavy atom. The lowest BCUT2D eigenvalue weighted by atomic mass is 10.1. The van der Waals surface area contributed by atoms with Crippen molar-refractivity contribution in [1.82, 2.24) is 14.7 Å². The molecular weight excluding hydrogens is 1540 g/mol. The van der Waals surface area contributed by atoms with Gasteiger partial charge in [-0.2, -0.15) is 0 Å². The van der Waals surface area contributed by atoms with E-state index < -0.39 is 36.0 Å². The SMILES string of the molecule is C#CCN(CCOc1ccc(C(=O)O)cc1)C(=O)Cc1ccc(NC(=O)Nc2ccccc2C)c(Cl)c1.C=CCN(CCOc1ccc(C(=O)O)cc1)C(=O)Cc1ccc(NC(=O)Nc2ccccc2C)c(Cl)c1.COc1cc(CC(=O)N(CCOc2ccc(C(=O)O)cc2)C2CC2)ccc1NC(=O)Nc1ccccc1Br. The molecule has 9 aromatic rings. The van der Waals surface area contributed by atoms with Crippen molar-refractivity contribution in [3.8, 4) is 35.3 Å². The molecule has 9 N–H and O–H groups in total. The van der Waals surface area contributed by atoms with Crippen LogP contribution in [0.25, 0.3) is 0 Å². The number of amides is 9. The molecule has 580 valence electrons. The highest BCUT2D eigenvalue weighted by molar-refractivity contribution is 9.10. The third kappa shape index (κ3) is 27.1. The molecule has 0 bridgehead atoms. The quantitative estimate of drug-likeness (QED) is 0.0140. The van der Waals surface area contributed by atoms with Gasteiger partial charge in [-0.3, -0.25) is 14.4 Å². The maximum atomic E-state index is 13.1. The Balaban J connectivity index is 0.000000211. The molecule has 1 saturated carbocycles. The summed E-state index contributed by atoms with van der Waals surface area (Å²) in [5, 5.41) is 44.1. The van der Waals surface area contributed by atoms with E-state index >= 15 is 0 Å². The van der Waals surface area contributed by atoms with Crippen molar-refractivity contribution < 1.29 is 77.4 Å². The number of ether oxygens (including phenoxy) is 4. The highest BCUT2D eigenvalue weighted by Gasteiger charge is 2.32. The zero-order valence-corrected chi connectivity index (χ0v) is 64.4. The minimum atomic E-state index is -1.02. The first-order valence-corrected chi connectivity index (χ1v) is 36.5. The molecule has 25 nitrogen and oxygen atoms in total. The van der Waals surface area contributed by atoms with Crippen LogP contribution in [0, 0.1) is 26.2 Å². The number of carbonyl (C=O) groups is 9. The Hall–Kier alpha value is -12.8. The Kier molecular flexibility index (Phi) is 32.4. The molecule has 1 aliphatic carbocycles. The fourth-order valence-electron chi connectivity index (χ4n) is 10.8. The third-order valence-electron chi connectivity index (χ3n) is 16.9. The number of anilines is 6. The Morgan fingerprint density at radius 3 is 1.25 bits per heavy atom. The van der Waals surface area contributed by atoms with E-state index in [9.17, 15) is 43.2 Å². The van der Waals surface area contributed by atoms with Crippen LogP contribution in [-0.4, -0.2) is 149 Å². The number of aromatic carboxylic acids is 3. The van der Waals surface area contributed by atoms with Crippen LogP contribution in [0.2, 0.25) is 10.0 Å². The van der Waals surface area contributed by atoms with E-state index in [-0.39, 0.29) is 86.0 Å². The number of methoxy groups -OCH3 is 1. The first kappa shape index (κ1) is 84.8. The number of urea groups is 3. The molecule has 9 amide bonds. The molecule has 0 aliphatic heterocycles. The number of rotatable bonds is 32. The number of carboxylic acids is 3. The van der Waals surface area contributed by atoms with Crippen LogP contribution in [0.4, 0.5) is 48.5 Å². The molecule has 9 aromatic carbocycles. The molecule has 0 unspecified atom stereocenters. The number of benzene rings is 9. The maximum absolute atomic E-state index is 13.1. The number of hydrogen-bond donors (Lipinski definition) is 9. The fourth-order valence-corrected chi connectivity index (χ4v) is 11.7. The second kappa shape index (κ2) is 42.8. The molecule has 0 radical (unpaired) electrons. The minimum Gasteiger partial charge on any atom is -0.495 e. The first-order valence-electron chi connectivity index (χ1n) is 35.0. The number of nitrogens with zero attached hydrogens (tertiary/aromatic N) is 3. The monoisotopic (exact) mass is 1620 g/mol. The van der Waals surface area contributed by atoms with Gasteiger partial charge in [0.15, 0.2) is 0 Å². The largest absolute Gasteiger partial charge is 0.495 e. The minimum absolute atomic E-state index is 0.0215. The van der Waals surface area contributed by atoms with Gasteiger partial charge < -0.3 is 80.9 Å². The lowest BCUT2D eigenvalue weighted by Crippen LogP contribution is -2.37. The molecule has 0 heterocycles. The smallest absolute Gasteiger partial charge is 0.335 e. The van der Waals surface area contributed by atoms with Gasteiger partial charge in [0.25, 0.3) is 0 Å². The summed E-state index contributed by atoms with van der Waals surface area (Å²) in [5.74, 6) is 1.07. The standard InChI is InChI=1S/C28H28BrN3O6.C28H28ClN3O5.C28H26ClN3O5/c1-37-25-16-18(6-13-24(25)31-28(36)30-23-5-3-2-4-22(23)29)17-26(33)32(20-9-10-20)14-15-38-21-11-7-19(8-12-21)27(34)35;2*1-3-14-32(15-16-37-22-11-9-21(10-12-22)27(34)35)26(33)18-20-8-13-25(23(29)17-20)31-28(36)30-24-7-5-4-6-19(24)2/h2-8,11-13,16,20H,9-10,14-15,17H2,1H3,(H,34,35)(H2,30,31,36);3-13,17H,1,14-16,18H2,2H3,(H,34,35)(H2,30,31,36);1,4-13,17H,14-16,18H2,2H3,(H,34,35)(H2,30,31,36). The maximum Gasteiger partial charge on any atom is 0.335 e. The number of terminal acetylenes is 1. The number of halogens is 3. The van der Waals surface area contributed by atoms with Gasteiger partial charge in [0.05, 0.1) is 102 Å². The van der Waals surface area contributed by atoms with Crippen molar-refractivity contribution in [3.05, 3.63) is 272 Å². The van der Waals surface area contributed by atoms with Crippen LogP contribution in [0.15, 0.2) is 217 Å². The van der Waals surface area contributed by atoms with Crippen molar-refractivity contribution in [2.45, 2.75) is 52.0 Å². The van der Waals surface area contributed by atoms with E-state index in [0.717, 1.165) is 34.0 Å². The van der Waals surface area contributed by atoms with Gasteiger partial charge in [-0.15, -0.1) is 13.0 Å². The topological polar surface area (TPSA) is 333 Å². The Labute approximate surface area is 665 Å². The van der Waals surface area contributed by atoms with E-state index in [1.807, 2.05) is 73.3 Å². The number of hydrogen-bond acceptors (Lipinski definition) is 13. The Morgan fingerprint density at radius 2 is 0.848 bits per heavy atom. The molecule has 0 saturated heterocycles. The zero-order chi connectivity index (χ0) is 80.6. The summed E-state index contributed by atoms with van der Waals surface area (Å²) in [6, 6.07) is 54.5. The lowest BCUT2D eigenvalue weighted by Gasteiger charge is -2.23. The molecule has 1 fully saturated rings. The van der Waals surface area contributed by atoms with Crippen molar-refractivity contribution in [2.75, 3.05) is 91.6 Å². The molecule has 112 heavy (non-hydrogen) atoms. The van der Waals surface area contributed by atoms with Crippen molar-refractivity contribution >= 4 is 127 Å². The summed E-state index contributed by atoms with van der Waals surface area (Å²) in [5.41, 5.74) is 7.82. The molecule has 0 spiro atoms. The normalized spacial score (nSPS) is 11.0. The van der Waals surface area contributed by atoms with Crippen molar-refractivity contribution in [2.24, 2.45) is 0 Å². The summed E-state index contributed by atoms with van der Waals surface area (Å²) in [7, 11) is 1.51. The zero-order valence-electron chi connectivity index (χ0n) is 61.3. The van der Waals surface area contributed by atoms with Crippen LogP contribution in [0.1, 0.15) is 71.7 Å². The number of carboxylic acid groups (broad SMARTS) is 3. The average Bonchev–Trinajstić information content (AvgIpc) is 1.78. The summed E-state index contributed by atoms with van der Waals surface area (Å²) in [6.07, 6.45) is 9.33. The van der Waals surface area contributed by atoms with Crippen LogP contribution in [0.5, 0.6) is 23.0 Å². The first-order chi connectivity index (χ1) is 53.9. The highest BCUT2D eigenvalue weighted by atomic mass is 79.9. The van der Waals surface area contributed by atoms with E-state index in [0.29, 0.717) is 105 Å². The second-order valence-corrected chi connectivity index (χ2v) is 26.7. The lowest BCUT2D eigenvalue weighted by molar-refractivity contribution is -0.132.